The number of rotatable bonds is 5. The van der Waals surface area contributed by atoms with Crippen LogP contribution in [-0.2, 0) is 16.1 Å². The number of carbonyl (C=O) groups is 2. The van der Waals surface area contributed by atoms with Crippen LogP contribution in [0.2, 0.25) is 5.02 Å². The highest BCUT2D eigenvalue weighted by molar-refractivity contribution is 6.30. The monoisotopic (exact) mass is 308 g/mol. The van der Waals surface area contributed by atoms with Crippen LogP contribution >= 0.6 is 11.6 Å². The zero-order valence-corrected chi connectivity index (χ0v) is 13.2. The van der Waals surface area contributed by atoms with Crippen molar-refractivity contribution in [3.05, 3.63) is 34.9 Å². The van der Waals surface area contributed by atoms with Gasteiger partial charge in [0.2, 0.25) is 11.8 Å². The first-order chi connectivity index (χ1) is 9.97. The van der Waals surface area contributed by atoms with E-state index in [9.17, 15) is 9.59 Å². The number of carbonyl (C=O) groups excluding carboxylic acids is 2. The van der Waals surface area contributed by atoms with Gasteiger partial charge in [-0.15, -0.1) is 0 Å². The second-order valence-corrected chi connectivity index (χ2v) is 6.28. The van der Waals surface area contributed by atoms with Crippen molar-refractivity contribution in [2.45, 2.75) is 39.3 Å². The molecule has 2 rings (SSSR count). The third kappa shape index (κ3) is 4.21. The molecule has 1 N–H and O–H groups in total. The topological polar surface area (TPSA) is 49.4 Å². The maximum Gasteiger partial charge on any atom is 0.242 e. The molecule has 5 heteroatoms. The summed E-state index contributed by atoms with van der Waals surface area (Å²) in [5.74, 6) is 0.383. The molecule has 1 saturated heterocycles. The van der Waals surface area contributed by atoms with Crippen LogP contribution in [0.5, 0.6) is 0 Å². The molecule has 4 nitrogen and oxygen atoms in total. The van der Waals surface area contributed by atoms with Crippen molar-refractivity contribution in [2.75, 3.05) is 6.54 Å². The molecule has 1 aliphatic rings. The van der Waals surface area contributed by atoms with Crippen molar-refractivity contribution in [2.24, 2.45) is 5.92 Å². The number of halogens is 1. The van der Waals surface area contributed by atoms with Gasteiger partial charge in [0, 0.05) is 24.5 Å². The van der Waals surface area contributed by atoms with Crippen molar-refractivity contribution in [3.63, 3.8) is 0 Å². The maximum absolute atomic E-state index is 12.2. The van der Waals surface area contributed by atoms with E-state index in [-0.39, 0.29) is 17.9 Å². The van der Waals surface area contributed by atoms with Gasteiger partial charge in [-0.25, -0.2) is 0 Å². The molecule has 1 fully saturated rings. The molecule has 0 unspecified atom stereocenters. The maximum atomic E-state index is 12.2. The summed E-state index contributed by atoms with van der Waals surface area (Å²) < 4.78 is 0. The zero-order valence-electron chi connectivity index (χ0n) is 12.4. The smallest absolute Gasteiger partial charge is 0.242 e. The lowest BCUT2D eigenvalue weighted by molar-refractivity contribution is -0.135. The van der Waals surface area contributed by atoms with E-state index >= 15 is 0 Å². The van der Waals surface area contributed by atoms with E-state index in [0.717, 1.165) is 5.56 Å². The average molecular weight is 309 g/mol. The summed E-state index contributed by atoms with van der Waals surface area (Å²) in [6.07, 6.45) is 1.03. The number of amides is 2. The Labute approximate surface area is 130 Å². The molecule has 1 atom stereocenters. The van der Waals surface area contributed by atoms with Gasteiger partial charge < -0.3 is 10.2 Å². The zero-order chi connectivity index (χ0) is 15.4. The van der Waals surface area contributed by atoms with Crippen molar-refractivity contribution in [1.29, 1.82) is 0 Å². The second-order valence-electron chi connectivity index (χ2n) is 5.84. The number of nitrogens with zero attached hydrogens (tertiary/aromatic N) is 1. The van der Waals surface area contributed by atoms with Crippen LogP contribution in [0.3, 0.4) is 0 Å². The number of benzene rings is 1. The molecule has 1 aromatic rings. The SMILES string of the molecule is CC(C)CNC(=O)[C@@H]1CCC(=O)N1Cc1ccc(Cl)cc1. The van der Waals surface area contributed by atoms with Crippen molar-refractivity contribution < 1.29 is 9.59 Å². The van der Waals surface area contributed by atoms with Gasteiger partial charge in [0.15, 0.2) is 0 Å². The van der Waals surface area contributed by atoms with Crippen LogP contribution < -0.4 is 5.32 Å². The van der Waals surface area contributed by atoms with E-state index in [1.165, 1.54) is 0 Å². The van der Waals surface area contributed by atoms with Crippen LogP contribution in [-0.4, -0.2) is 29.3 Å². The first-order valence-electron chi connectivity index (χ1n) is 7.29. The van der Waals surface area contributed by atoms with Gasteiger partial charge in [0.25, 0.3) is 0 Å². The van der Waals surface area contributed by atoms with Crippen LogP contribution in [0.4, 0.5) is 0 Å². The minimum absolute atomic E-state index is 0.0367. The summed E-state index contributed by atoms with van der Waals surface area (Å²) in [5.41, 5.74) is 0.983. The van der Waals surface area contributed by atoms with Gasteiger partial charge in [-0.2, -0.15) is 0 Å². The molecule has 0 saturated carbocycles. The van der Waals surface area contributed by atoms with Gasteiger partial charge in [-0.3, -0.25) is 9.59 Å². The summed E-state index contributed by atoms with van der Waals surface area (Å²) in [5, 5.41) is 3.58. The summed E-state index contributed by atoms with van der Waals surface area (Å²) in [6, 6.07) is 7.01. The Morgan fingerprint density at radius 2 is 2.05 bits per heavy atom. The lowest BCUT2D eigenvalue weighted by Gasteiger charge is -2.24. The number of hydrogen-bond donors (Lipinski definition) is 1. The predicted molar refractivity (Wildman–Crippen MR) is 82.9 cm³/mol. The van der Waals surface area contributed by atoms with E-state index in [4.69, 9.17) is 11.6 Å². The summed E-state index contributed by atoms with van der Waals surface area (Å²) >= 11 is 5.86. The van der Waals surface area contributed by atoms with Crippen LogP contribution in [0.15, 0.2) is 24.3 Å². The van der Waals surface area contributed by atoms with Crippen LogP contribution in [0.1, 0.15) is 32.3 Å². The van der Waals surface area contributed by atoms with E-state index < -0.39 is 0 Å². The first-order valence-corrected chi connectivity index (χ1v) is 7.67. The van der Waals surface area contributed by atoms with Crippen molar-refractivity contribution >= 4 is 23.4 Å². The molecule has 1 heterocycles. The number of likely N-dealkylation sites (tertiary alicyclic amines) is 1. The lowest BCUT2D eigenvalue weighted by atomic mass is 10.1. The molecule has 0 aromatic heterocycles. The second kappa shape index (κ2) is 6.94. The lowest BCUT2D eigenvalue weighted by Crippen LogP contribution is -2.45. The van der Waals surface area contributed by atoms with Gasteiger partial charge in [0.05, 0.1) is 0 Å². The number of nitrogens with one attached hydrogen (secondary N) is 1. The highest BCUT2D eigenvalue weighted by atomic mass is 35.5. The molecular formula is C16H21ClN2O2. The predicted octanol–water partition coefficient (Wildman–Crippen LogP) is 2.60. The first kappa shape index (κ1) is 15.8. The molecule has 0 spiro atoms. The summed E-state index contributed by atoms with van der Waals surface area (Å²) in [4.78, 5) is 25.9. The molecule has 2 amide bonds. The minimum Gasteiger partial charge on any atom is -0.354 e. The Hall–Kier alpha value is -1.55. The largest absolute Gasteiger partial charge is 0.354 e. The van der Waals surface area contributed by atoms with Crippen molar-refractivity contribution in [1.82, 2.24) is 10.2 Å². The molecule has 114 valence electrons. The third-order valence-corrected chi connectivity index (χ3v) is 3.83. The van der Waals surface area contributed by atoms with Crippen molar-refractivity contribution in [3.8, 4) is 0 Å². The summed E-state index contributed by atoms with van der Waals surface area (Å²) in [7, 11) is 0. The van der Waals surface area contributed by atoms with E-state index in [1.54, 1.807) is 17.0 Å². The third-order valence-electron chi connectivity index (χ3n) is 3.58. The minimum atomic E-state index is -0.355. The van der Waals surface area contributed by atoms with E-state index in [0.29, 0.717) is 36.9 Å². The number of hydrogen-bond acceptors (Lipinski definition) is 2. The standard InChI is InChI=1S/C16H21ClN2O2/c1-11(2)9-18-16(21)14-7-8-15(20)19(14)10-12-3-5-13(17)6-4-12/h3-6,11,14H,7-10H2,1-2H3,(H,18,21)/t14-/m0/s1. The molecule has 21 heavy (non-hydrogen) atoms. The van der Waals surface area contributed by atoms with Gasteiger partial charge in [-0.05, 0) is 30.0 Å². The van der Waals surface area contributed by atoms with Crippen LogP contribution in [0.25, 0.3) is 0 Å². The fraction of sp³-hybridized carbons (Fsp3) is 0.500. The summed E-state index contributed by atoms with van der Waals surface area (Å²) in [6.45, 7) is 5.19. The molecular weight excluding hydrogens is 288 g/mol. The van der Waals surface area contributed by atoms with Gasteiger partial charge in [0.1, 0.15) is 6.04 Å². The fourth-order valence-electron chi connectivity index (χ4n) is 2.41. The molecule has 0 radical (unpaired) electrons. The Bertz CT molecular complexity index is 514. The normalized spacial score (nSPS) is 18.4. The molecule has 0 bridgehead atoms. The molecule has 1 aromatic carbocycles. The van der Waals surface area contributed by atoms with Gasteiger partial charge in [-0.1, -0.05) is 37.6 Å². The highest BCUT2D eigenvalue weighted by Gasteiger charge is 2.35. The Morgan fingerprint density at radius 3 is 2.67 bits per heavy atom. The average Bonchev–Trinajstić information content (AvgIpc) is 2.80. The molecule has 0 aliphatic carbocycles. The van der Waals surface area contributed by atoms with E-state index in [1.807, 2.05) is 26.0 Å². The van der Waals surface area contributed by atoms with Gasteiger partial charge >= 0.3 is 0 Å². The molecule has 1 aliphatic heterocycles. The van der Waals surface area contributed by atoms with E-state index in [2.05, 4.69) is 5.32 Å². The highest BCUT2D eigenvalue weighted by Crippen LogP contribution is 2.22. The Morgan fingerprint density at radius 1 is 1.38 bits per heavy atom. The van der Waals surface area contributed by atoms with Crippen LogP contribution in [0, 0.1) is 5.92 Å². The Kier molecular flexibility index (Phi) is 5.23. The quantitative estimate of drug-likeness (QED) is 0.909. The fourth-order valence-corrected chi connectivity index (χ4v) is 2.54. The Balaban J connectivity index is 2.02.